The first-order valence-electron chi connectivity index (χ1n) is 4.68. The standard InChI is InChI=1S/C10H12N2O2/c13-10(14)7-4-5-8(7)12-9-3-1-2-6-11-9/h1-3,6-8H,4-5H2,(H,11,12)(H,13,14)/t7?,8-/m0/s1. The van der Waals surface area contributed by atoms with Crippen LogP contribution < -0.4 is 5.32 Å². The average Bonchev–Trinajstić information content (AvgIpc) is 2.13. The lowest BCUT2D eigenvalue weighted by atomic mass is 9.79. The average molecular weight is 192 g/mol. The molecule has 0 amide bonds. The van der Waals surface area contributed by atoms with Gasteiger partial charge in [-0.3, -0.25) is 4.79 Å². The summed E-state index contributed by atoms with van der Waals surface area (Å²) in [4.78, 5) is 14.8. The van der Waals surface area contributed by atoms with E-state index >= 15 is 0 Å². The number of nitrogens with zero attached hydrogens (tertiary/aromatic N) is 1. The van der Waals surface area contributed by atoms with E-state index in [2.05, 4.69) is 10.3 Å². The zero-order valence-corrected chi connectivity index (χ0v) is 7.68. The van der Waals surface area contributed by atoms with E-state index in [9.17, 15) is 4.79 Å². The van der Waals surface area contributed by atoms with Crippen molar-refractivity contribution >= 4 is 11.8 Å². The number of carbonyl (C=O) groups is 1. The van der Waals surface area contributed by atoms with Crippen molar-refractivity contribution in [2.45, 2.75) is 18.9 Å². The Kier molecular flexibility index (Phi) is 2.35. The fraction of sp³-hybridized carbons (Fsp3) is 0.400. The molecule has 0 saturated heterocycles. The summed E-state index contributed by atoms with van der Waals surface area (Å²) in [5.74, 6) is -0.217. The van der Waals surface area contributed by atoms with Crippen LogP contribution >= 0.6 is 0 Å². The fourth-order valence-corrected chi connectivity index (χ4v) is 1.61. The summed E-state index contributed by atoms with van der Waals surface area (Å²) in [7, 11) is 0. The van der Waals surface area contributed by atoms with E-state index < -0.39 is 5.97 Å². The zero-order chi connectivity index (χ0) is 9.97. The quantitative estimate of drug-likeness (QED) is 0.759. The first-order valence-corrected chi connectivity index (χ1v) is 4.68. The van der Waals surface area contributed by atoms with Gasteiger partial charge < -0.3 is 10.4 Å². The SMILES string of the molecule is O=C(O)C1CC[C@@H]1Nc1ccccn1. The van der Waals surface area contributed by atoms with Gasteiger partial charge >= 0.3 is 5.97 Å². The summed E-state index contributed by atoms with van der Waals surface area (Å²) in [6.45, 7) is 0. The molecule has 0 aliphatic heterocycles. The van der Waals surface area contributed by atoms with Crippen LogP contribution in [0.2, 0.25) is 0 Å². The van der Waals surface area contributed by atoms with E-state index in [1.54, 1.807) is 6.20 Å². The van der Waals surface area contributed by atoms with Crippen LogP contribution in [-0.4, -0.2) is 22.1 Å². The van der Waals surface area contributed by atoms with Crippen LogP contribution in [0.4, 0.5) is 5.82 Å². The Balaban J connectivity index is 1.96. The number of hydrogen-bond acceptors (Lipinski definition) is 3. The number of carboxylic acids is 1. The van der Waals surface area contributed by atoms with Crippen molar-refractivity contribution < 1.29 is 9.90 Å². The van der Waals surface area contributed by atoms with Crippen molar-refractivity contribution in [2.24, 2.45) is 5.92 Å². The van der Waals surface area contributed by atoms with Crippen molar-refractivity contribution in [2.75, 3.05) is 5.32 Å². The molecule has 1 fully saturated rings. The summed E-state index contributed by atoms with van der Waals surface area (Å²) >= 11 is 0. The van der Waals surface area contributed by atoms with Crippen LogP contribution in [0.5, 0.6) is 0 Å². The molecule has 0 aromatic carbocycles. The lowest BCUT2D eigenvalue weighted by Crippen LogP contribution is -2.43. The van der Waals surface area contributed by atoms with Gasteiger partial charge in [-0.25, -0.2) is 4.98 Å². The summed E-state index contributed by atoms with van der Waals surface area (Å²) in [6, 6.07) is 5.60. The van der Waals surface area contributed by atoms with Gasteiger partial charge in [0.05, 0.1) is 5.92 Å². The molecule has 1 aromatic rings. The Hall–Kier alpha value is -1.58. The van der Waals surface area contributed by atoms with Crippen molar-refractivity contribution in [3.05, 3.63) is 24.4 Å². The minimum absolute atomic E-state index is 0.0439. The van der Waals surface area contributed by atoms with Gasteiger partial charge in [-0.1, -0.05) is 6.07 Å². The second kappa shape index (κ2) is 3.65. The van der Waals surface area contributed by atoms with Gasteiger partial charge in [-0.2, -0.15) is 0 Å². The van der Waals surface area contributed by atoms with Crippen LogP contribution in [0.3, 0.4) is 0 Å². The first-order chi connectivity index (χ1) is 6.77. The van der Waals surface area contributed by atoms with E-state index in [0.717, 1.165) is 18.7 Å². The zero-order valence-electron chi connectivity index (χ0n) is 7.68. The topological polar surface area (TPSA) is 62.2 Å². The third-order valence-electron chi connectivity index (χ3n) is 2.59. The fourth-order valence-electron chi connectivity index (χ4n) is 1.61. The van der Waals surface area contributed by atoms with Crippen LogP contribution in [-0.2, 0) is 4.79 Å². The van der Waals surface area contributed by atoms with Gasteiger partial charge in [0.2, 0.25) is 0 Å². The molecule has 0 bridgehead atoms. The molecular weight excluding hydrogens is 180 g/mol. The predicted octanol–water partition coefficient (Wildman–Crippen LogP) is 1.36. The third-order valence-corrected chi connectivity index (χ3v) is 2.59. The lowest BCUT2D eigenvalue weighted by molar-refractivity contribution is -0.144. The number of anilines is 1. The maximum absolute atomic E-state index is 10.7. The molecule has 1 heterocycles. The number of carboxylic acid groups (broad SMARTS) is 1. The number of rotatable bonds is 3. The van der Waals surface area contributed by atoms with Gasteiger partial charge in [0.15, 0.2) is 0 Å². The molecule has 2 rings (SSSR count). The molecule has 2 N–H and O–H groups in total. The van der Waals surface area contributed by atoms with Gasteiger partial charge in [0.25, 0.3) is 0 Å². The maximum atomic E-state index is 10.7. The summed E-state index contributed by atoms with van der Waals surface area (Å²) in [5.41, 5.74) is 0. The van der Waals surface area contributed by atoms with E-state index in [1.165, 1.54) is 0 Å². The number of aromatic nitrogens is 1. The van der Waals surface area contributed by atoms with Crippen LogP contribution in [0.15, 0.2) is 24.4 Å². The molecule has 1 aliphatic carbocycles. The van der Waals surface area contributed by atoms with Gasteiger partial charge in [0, 0.05) is 12.2 Å². The van der Waals surface area contributed by atoms with Crippen LogP contribution in [0.25, 0.3) is 0 Å². The second-order valence-corrected chi connectivity index (χ2v) is 3.49. The number of aliphatic carboxylic acids is 1. The first kappa shape index (κ1) is 8.99. The molecule has 1 unspecified atom stereocenters. The number of hydrogen-bond donors (Lipinski definition) is 2. The highest BCUT2D eigenvalue weighted by Gasteiger charge is 2.36. The van der Waals surface area contributed by atoms with Crippen molar-refractivity contribution in [3.63, 3.8) is 0 Å². The van der Waals surface area contributed by atoms with E-state index in [0.29, 0.717) is 0 Å². The third kappa shape index (κ3) is 1.69. The largest absolute Gasteiger partial charge is 0.481 e. The molecule has 4 nitrogen and oxygen atoms in total. The molecule has 2 atom stereocenters. The Bertz CT molecular complexity index is 326. The highest BCUT2D eigenvalue weighted by Crippen LogP contribution is 2.29. The lowest BCUT2D eigenvalue weighted by Gasteiger charge is -2.34. The minimum Gasteiger partial charge on any atom is -0.481 e. The van der Waals surface area contributed by atoms with Crippen LogP contribution in [0.1, 0.15) is 12.8 Å². The number of nitrogens with one attached hydrogen (secondary N) is 1. The molecule has 0 radical (unpaired) electrons. The van der Waals surface area contributed by atoms with E-state index in [1.807, 2.05) is 18.2 Å². The normalized spacial score (nSPS) is 25.1. The maximum Gasteiger partial charge on any atom is 0.308 e. The molecule has 1 aliphatic rings. The molecule has 1 saturated carbocycles. The molecule has 74 valence electrons. The predicted molar refractivity (Wildman–Crippen MR) is 52.0 cm³/mol. The van der Waals surface area contributed by atoms with E-state index in [-0.39, 0.29) is 12.0 Å². The monoisotopic (exact) mass is 192 g/mol. The Labute approximate surface area is 82.0 Å². The highest BCUT2D eigenvalue weighted by molar-refractivity contribution is 5.72. The Morgan fingerprint density at radius 3 is 2.86 bits per heavy atom. The van der Waals surface area contributed by atoms with Crippen molar-refractivity contribution in [1.82, 2.24) is 4.98 Å². The number of pyridine rings is 1. The Morgan fingerprint density at radius 2 is 2.36 bits per heavy atom. The molecule has 14 heavy (non-hydrogen) atoms. The molecule has 1 aromatic heterocycles. The molecular formula is C10H12N2O2. The highest BCUT2D eigenvalue weighted by atomic mass is 16.4. The van der Waals surface area contributed by atoms with Crippen molar-refractivity contribution in [1.29, 1.82) is 0 Å². The second-order valence-electron chi connectivity index (χ2n) is 3.49. The smallest absolute Gasteiger partial charge is 0.308 e. The summed E-state index contributed by atoms with van der Waals surface area (Å²) in [6.07, 6.45) is 3.37. The van der Waals surface area contributed by atoms with Gasteiger partial charge in [0.1, 0.15) is 5.82 Å². The Morgan fingerprint density at radius 1 is 1.50 bits per heavy atom. The minimum atomic E-state index is -0.718. The van der Waals surface area contributed by atoms with E-state index in [4.69, 9.17) is 5.11 Å². The van der Waals surface area contributed by atoms with Crippen LogP contribution in [0, 0.1) is 5.92 Å². The van der Waals surface area contributed by atoms with Crippen molar-refractivity contribution in [3.8, 4) is 0 Å². The molecule has 0 spiro atoms. The van der Waals surface area contributed by atoms with Gasteiger partial charge in [-0.05, 0) is 25.0 Å². The summed E-state index contributed by atoms with van der Waals surface area (Å²) in [5, 5.41) is 11.9. The van der Waals surface area contributed by atoms with Gasteiger partial charge in [-0.15, -0.1) is 0 Å². The summed E-state index contributed by atoms with van der Waals surface area (Å²) < 4.78 is 0. The molecule has 4 heteroatoms.